The Labute approximate surface area is 160 Å². The monoisotopic (exact) mass is 374 g/mol. The molecule has 2 aromatic heterocycles. The minimum Gasteiger partial charge on any atom is -0.338 e. The molecule has 1 atom stereocenters. The Morgan fingerprint density at radius 2 is 1.96 bits per heavy atom. The highest BCUT2D eigenvalue weighted by Gasteiger charge is 2.21. The van der Waals surface area contributed by atoms with Crippen LogP contribution in [0.15, 0.2) is 47.6 Å². The molecule has 5 rings (SSSR count). The zero-order chi connectivity index (χ0) is 18.4. The van der Waals surface area contributed by atoms with E-state index < -0.39 is 0 Å². The number of Topliss-reactive ketones (excluding diaryl/α,β-unsaturated/α-hetero) is 1. The zero-order valence-corrected chi connectivity index (χ0v) is 15.7. The van der Waals surface area contributed by atoms with Crippen LogP contribution in [0.5, 0.6) is 0 Å². The first kappa shape index (κ1) is 16.4. The second kappa shape index (κ2) is 6.46. The number of carbonyl (C=O) groups excluding carboxylic acids is 1. The summed E-state index contributed by atoms with van der Waals surface area (Å²) in [7, 11) is 0. The molecule has 0 saturated heterocycles. The van der Waals surface area contributed by atoms with Crippen LogP contribution in [0, 0.1) is 0 Å². The van der Waals surface area contributed by atoms with Gasteiger partial charge in [-0.05, 0) is 49.4 Å². The predicted octanol–water partition coefficient (Wildman–Crippen LogP) is 4.36. The number of nitrogens with one attached hydrogen (secondary N) is 1. The number of ketones is 1. The van der Waals surface area contributed by atoms with Gasteiger partial charge in [0, 0.05) is 16.5 Å². The van der Waals surface area contributed by atoms with Crippen LogP contribution in [-0.4, -0.2) is 31.2 Å². The predicted molar refractivity (Wildman–Crippen MR) is 107 cm³/mol. The molecule has 2 aromatic carbocycles. The first-order valence-electron chi connectivity index (χ1n) is 9.13. The highest BCUT2D eigenvalue weighted by molar-refractivity contribution is 8.00. The van der Waals surface area contributed by atoms with Crippen LogP contribution < -0.4 is 0 Å². The maximum absolute atomic E-state index is 12.8. The van der Waals surface area contributed by atoms with Crippen molar-refractivity contribution < 1.29 is 4.79 Å². The largest absolute Gasteiger partial charge is 0.338 e. The van der Waals surface area contributed by atoms with E-state index in [9.17, 15) is 4.79 Å². The summed E-state index contributed by atoms with van der Waals surface area (Å²) in [4.78, 5) is 20.7. The van der Waals surface area contributed by atoms with Crippen molar-refractivity contribution in [3.05, 3.63) is 59.2 Å². The number of aryl methyl sites for hydroxylation is 2. The fourth-order valence-corrected chi connectivity index (χ4v) is 4.52. The fourth-order valence-electron chi connectivity index (χ4n) is 3.73. The van der Waals surface area contributed by atoms with E-state index in [2.05, 4.69) is 32.3 Å². The minimum absolute atomic E-state index is 0.107. The molecule has 0 aliphatic heterocycles. The molecule has 1 aliphatic rings. The molecule has 0 bridgehead atoms. The lowest BCUT2D eigenvalue weighted by Gasteiger charge is -2.10. The molecule has 0 amide bonds. The van der Waals surface area contributed by atoms with Crippen LogP contribution in [0.3, 0.4) is 0 Å². The summed E-state index contributed by atoms with van der Waals surface area (Å²) >= 11 is 1.35. The number of benzene rings is 2. The van der Waals surface area contributed by atoms with Gasteiger partial charge in [-0.15, -0.1) is 10.2 Å². The number of hydrogen-bond acceptors (Lipinski definition) is 5. The molecule has 5 nitrogen and oxygen atoms in total. The van der Waals surface area contributed by atoms with Gasteiger partial charge in [0.25, 0.3) is 0 Å². The van der Waals surface area contributed by atoms with Gasteiger partial charge < -0.3 is 4.98 Å². The zero-order valence-electron chi connectivity index (χ0n) is 14.9. The fraction of sp³-hybridized carbons (Fsp3) is 0.238. The Balaban J connectivity index is 1.40. The highest BCUT2D eigenvalue weighted by Crippen LogP contribution is 2.28. The van der Waals surface area contributed by atoms with Crippen molar-refractivity contribution >= 4 is 39.6 Å². The van der Waals surface area contributed by atoms with Crippen molar-refractivity contribution in [2.24, 2.45) is 0 Å². The summed E-state index contributed by atoms with van der Waals surface area (Å²) in [5.74, 6) is 0.107. The first-order valence-corrected chi connectivity index (χ1v) is 10.0. The molecule has 0 unspecified atom stereocenters. The third-order valence-corrected chi connectivity index (χ3v) is 6.09. The van der Waals surface area contributed by atoms with Crippen LogP contribution in [0.2, 0.25) is 0 Å². The molecule has 0 saturated carbocycles. The van der Waals surface area contributed by atoms with Gasteiger partial charge in [0.05, 0.1) is 5.25 Å². The Morgan fingerprint density at radius 1 is 1.11 bits per heavy atom. The van der Waals surface area contributed by atoms with Gasteiger partial charge in [-0.1, -0.05) is 42.1 Å². The average Bonchev–Trinajstić information content (AvgIpc) is 3.30. The third-order valence-electron chi connectivity index (χ3n) is 5.14. The van der Waals surface area contributed by atoms with Crippen LogP contribution in [0.25, 0.3) is 22.1 Å². The average molecular weight is 374 g/mol. The molecule has 134 valence electrons. The number of rotatable bonds is 4. The third kappa shape index (κ3) is 2.90. The van der Waals surface area contributed by atoms with Crippen molar-refractivity contribution in [3.63, 3.8) is 0 Å². The summed E-state index contributed by atoms with van der Waals surface area (Å²) in [6, 6.07) is 14.0. The first-order chi connectivity index (χ1) is 13.2. The van der Waals surface area contributed by atoms with Gasteiger partial charge in [0.2, 0.25) is 5.16 Å². The normalized spacial score (nSPS) is 14.6. The van der Waals surface area contributed by atoms with Crippen molar-refractivity contribution in [2.75, 3.05) is 0 Å². The van der Waals surface area contributed by atoms with E-state index in [-0.39, 0.29) is 11.0 Å². The molecule has 2 heterocycles. The highest BCUT2D eigenvalue weighted by atomic mass is 32.2. The van der Waals surface area contributed by atoms with Crippen molar-refractivity contribution in [1.82, 2.24) is 20.2 Å². The van der Waals surface area contributed by atoms with E-state index in [0.717, 1.165) is 34.8 Å². The van der Waals surface area contributed by atoms with Gasteiger partial charge in [0.15, 0.2) is 11.4 Å². The van der Waals surface area contributed by atoms with Crippen molar-refractivity contribution in [2.45, 2.75) is 36.6 Å². The lowest BCUT2D eigenvalue weighted by Crippen LogP contribution is -2.14. The van der Waals surface area contributed by atoms with E-state index in [4.69, 9.17) is 0 Å². The van der Waals surface area contributed by atoms with Gasteiger partial charge >= 0.3 is 0 Å². The molecule has 27 heavy (non-hydrogen) atoms. The van der Waals surface area contributed by atoms with Crippen LogP contribution in [0.1, 0.15) is 34.8 Å². The number of fused-ring (bicyclic) bond motifs is 4. The molecule has 0 radical (unpaired) electrons. The molecule has 6 heteroatoms. The van der Waals surface area contributed by atoms with E-state index in [1.807, 2.05) is 37.3 Å². The number of hydrogen-bond donors (Lipinski definition) is 1. The van der Waals surface area contributed by atoms with Crippen LogP contribution >= 0.6 is 11.8 Å². The number of nitrogens with zero attached hydrogens (tertiary/aromatic N) is 3. The molecule has 1 N–H and O–H groups in total. The molecule has 0 spiro atoms. The van der Waals surface area contributed by atoms with Gasteiger partial charge in [-0.3, -0.25) is 4.79 Å². The smallest absolute Gasteiger partial charge is 0.211 e. The molecular formula is C21H18N4OS. The summed E-state index contributed by atoms with van der Waals surface area (Å²) in [5.41, 5.74) is 5.91. The van der Waals surface area contributed by atoms with Gasteiger partial charge in [-0.25, -0.2) is 4.98 Å². The lowest BCUT2D eigenvalue weighted by molar-refractivity contribution is 0.0993. The van der Waals surface area contributed by atoms with E-state index in [1.54, 1.807) is 0 Å². The number of thioether (sulfide) groups is 1. The SMILES string of the molecule is C[C@@H](Sc1nnc2c(n1)[nH]c1ccccc12)C(=O)c1ccc2c(c1)CCC2. The number of aromatic nitrogens is 4. The lowest BCUT2D eigenvalue weighted by atomic mass is 10.0. The molecule has 0 fully saturated rings. The van der Waals surface area contributed by atoms with Crippen LogP contribution in [0.4, 0.5) is 0 Å². The summed E-state index contributed by atoms with van der Waals surface area (Å²) in [6.07, 6.45) is 3.38. The number of para-hydroxylation sites is 1. The Bertz CT molecular complexity index is 1180. The maximum atomic E-state index is 12.8. The topological polar surface area (TPSA) is 71.5 Å². The Morgan fingerprint density at radius 3 is 2.89 bits per heavy atom. The second-order valence-corrected chi connectivity index (χ2v) is 8.23. The standard InChI is InChI=1S/C21H18N4OS/c1-12(19(26)15-10-9-13-5-4-6-14(13)11-15)27-21-23-20-18(24-25-21)16-7-2-3-8-17(16)22-20/h2-3,7-12H,4-6H2,1H3,(H,22,23,25)/t12-/m1/s1. The summed E-state index contributed by atoms with van der Waals surface area (Å²) < 4.78 is 0. The van der Waals surface area contributed by atoms with Crippen molar-refractivity contribution in [3.8, 4) is 0 Å². The maximum Gasteiger partial charge on any atom is 0.211 e. The molecular weight excluding hydrogens is 356 g/mol. The number of carbonyl (C=O) groups is 1. The quantitative estimate of drug-likeness (QED) is 0.424. The molecule has 1 aliphatic carbocycles. The Hall–Kier alpha value is -2.73. The summed E-state index contributed by atoms with van der Waals surface area (Å²) in [6.45, 7) is 1.90. The second-order valence-electron chi connectivity index (χ2n) is 6.92. The summed E-state index contributed by atoms with van der Waals surface area (Å²) in [5, 5.41) is 9.80. The van der Waals surface area contributed by atoms with E-state index in [0.29, 0.717) is 10.8 Å². The van der Waals surface area contributed by atoms with E-state index in [1.165, 1.54) is 29.3 Å². The van der Waals surface area contributed by atoms with Crippen LogP contribution in [-0.2, 0) is 12.8 Å². The van der Waals surface area contributed by atoms with Crippen molar-refractivity contribution in [1.29, 1.82) is 0 Å². The molecule has 4 aromatic rings. The van der Waals surface area contributed by atoms with Gasteiger partial charge in [0.1, 0.15) is 5.52 Å². The number of H-pyrrole nitrogens is 1. The van der Waals surface area contributed by atoms with E-state index >= 15 is 0 Å². The number of aromatic amines is 1. The Kier molecular flexibility index (Phi) is 3.93. The van der Waals surface area contributed by atoms with Gasteiger partial charge in [-0.2, -0.15) is 0 Å². The minimum atomic E-state index is -0.270.